The molecule has 0 saturated carbocycles. The summed E-state index contributed by atoms with van der Waals surface area (Å²) in [6.45, 7) is 2.53. The van der Waals surface area contributed by atoms with E-state index in [1.807, 2.05) is 0 Å². The molecule has 0 aromatic heterocycles. The van der Waals surface area contributed by atoms with Gasteiger partial charge in [0, 0.05) is 6.61 Å². The van der Waals surface area contributed by atoms with Gasteiger partial charge in [0.1, 0.15) is 12.4 Å². The maximum atomic E-state index is 13.6. The first-order valence-electron chi connectivity index (χ1n) is 5.72. The summed E-state index contributed by atoms with van der Waals surface area (Å²) in [6.07, 6.45) is 1.84. The Bertz CT molecular complexity index is 411. The molecular formula is C13H15FO3. The summed E-state index contributed by atoms with van der Waals surface area (Å²) in [6, 6.07) is 4.69. The van der Waals surface area contributed by atoms with Crippen molar-refractivity contribution >= 4 is 5.97 Å². The normalized spacial score (nSPS) is 19.3. The monoisotopic (exact) mass is 238 g/mol. The third-order valence-corrected chi connectivity index (χ3v) is 2.84. The molecule has 1 aromatic carbocycles. The Balaban J connectivity index is 1.97. The molecule has 0 N–H and O–H groups in total. The van der Waals surface area contributed by atoms with Crippen LogP contribution in [0.1, 0.15) is 28.8 Å². The Morgan fingerprint density at radius 3 is 3.12 bits per heavy atom. The van der Waals surface area contributed by atoms with Crippen molar-refractivity contribution in [1.82, 2.24) is 0 Å². The number of carbonyl (C=O) groups excluding carboxylic acids is 1. The Labute approximate surface area is 99.5 Å². The molecule has 2 rings (SSSR count). The first-order chi connectivity index (χ1) is 8.18. The predicted molar refractivity (Wildman–Crippen MR) is 60.4 cm³/mol. The number of hydrogen-bond donors (Lipinski definition) is 0. The topological polar surface area (TPSA) is 35.5 Å². The van der Waals surface area contributed by atoms with E-state index in [0.717, 1.165) is 12.8 Å². The van der Waals surface area contributed by atoms with Gasteiger partial charge in [-0.25, -0.2) is 9.18 Å². The van der Waals surface area contributed by atoms with Crippen LogP contribution in [0.25, 0.3) is 0 Å². The average molecular weight is 238 g/mol. The Morgan fingerprint density at radius 1 is 1.59 bits per heavy atom. The van der Waals surface area contributed by atoms with Crippen LogP contribution in [0.15, 0.2) is 18.2 Å². The Kier molecular flexibility index (Phi) is 3.74. The number of halogens is 1. The van der Waals surface area contributed by atoms with Crippen LogP contribution in [0.5, 0.6) is 0 Å². The molecule has 1 unspecified atom stereocenters. The summed E-state index contributed by atoms with van der Waals surface area (Å²) >= 11 is 0. The largest absolute Gasteiger partial charge is 0.459 e. The van der Waals surface area contributed by atoms with E-state index in [4.69, 9.17) is 9.47 Å². The van der Waals surface area contributed by atoms with Gasteiger partial charge in [0.05, 0.1) is 11.7 Å². The van der Waals surface area contributed by atoms with Gasteiger partial charge in [-0.15, -0.1) is 0 Å². The lowest BCUT2D eigenvalue weighted by Gasteiger charge is -2.10. The highest BCUT2D eigenvalue weighted by atomic mass is 19.1. The third kappa shape index (κ3) is 2.82. The first-order valence-corrected chi connectivity index (χ1v) is 5.72. The quantitative estimate of drug-likeness (QED) is 0.759. The van der Waals surface area contributed by atoms with Crippen LogP contribution in [-0.2, 0) is 9.47 Å². The van der Waals surface area contributed by atoms with E-state index < -0.39 is 11.8 Å². The summed E-state index contributed by atoms with van der Waals surface area (Å²) < 4.78 is 24.0. The first kappa shape index (κ1) is 12.0. The van der Waals surface area contributed by atoms with E-state index in [9.17, 15) is 9.18 Å². The van der Waals surface area contributed by atoms with Crippen molar-refractivity contribution in [3.63, 3.8) is 0 Å². The van der Waals surface area contributed by atoms with Crippen LogP contribution >= 0.6 is 0 Å². The maximum Gasteiger partial charge on any atom is 0.341 e. The van der Waals surface area contributed by atoms with Crippen LogP contribution in [0.3, 0.4) is 0 Å². The van der Waals surface area contributed by atoms with Gasteiger partial charge in [-0.05, 0) is 31.4 Å². The number of ether oxygens (including phenoxy) is 2. The van der Waals surface area contributed by atoms with Crippen molar-refractivity contribution in [2.75, 3.05) is 13.2 Å². The number of carbonyl (C=O) groups is 1. The van der Waals surface area contributed by atoms with Gasteiger partial charge in [0.15, 0.2) is 0 Å². The van der Waals surface area contributed by atoms with Crippen molar-refractivity contribution in [2.24, 2.45) is 0 Å². The minimum Gasteiger partial charge on any atom is -0.459 e. The highest BCUT2D eigenvalue weighted by Crippen LogP contribution is 2.15. The fraction of sp³-hybridized carbons (Fsp3) is 0.462. The average Bonchev–Trinajstić information content (AvgIpc) is 2.82. The Morgan fingerprint density at radius 2 is 2.41 bits per heavy atom. The molecule has 0 radical (unpaired) electrons. The van der Waals surface area contributed by atoms with Crippen LogP contribution < -0.4 is 0 Å². The zero-order valence-corrected chi connectivity index (χ0v) is 9.74. The number of hydrogen-bond acceptors (Lipinski definition) is 3. The van der Waals surface area contributed by atoms with Crippen molar-refractivity contribution < 1.29 is 18.7 Å². The van der Waals surface area contributed by atoms with E-state index >= 15 is 0 Å². The van der Waals surface area contributed by atoms with Crippen molar-refractivity contribution in [2.45, 2.75) is 25.9 Å². The van der Waals surface area contributed by atoms with E-state index in [1.165, 1.54) is 6.07 Å². The fourth-order valence-corrected chi connectivity index (χ4v) is 1.83. The predicted octanol–water partition coefficient (Wildman–Crippen LogP) is 2.47. The molecule has 1 aromatic rings. The summed E-state index contributed by atoms with van der Waals surface area (Å²) in [7, 11) is 0. The van der Waals surface area contributed by atoms with Crippen LogP contribution in [0.4, 0.5) is 4.39 Å². The lowest BCUT2D eigenvalue weighted by molar-refractivity contribution is 0.0157. The summed E-state index contributed by atoms with van der Waals surface area (Å²) in [5.41, 5.74) is 0.430. The van der Waals surface area contributed by atoms with E-state index in [1.54, 1.807) is 19.1 Å². The number of esters is 1. The van der Waals surface area contributed by atoms with Crippen LogP contribution in [0, 0.1) is 12.7 Å². The minimum absolute atomic E-state index is 0.0111. The molecule has 3 nitrogen and oxygen atoms in total. The molecule has 0 spiro atoms. The highest BCUT2D eigenvalue weighted by Gasteiger charge is 2.20. The second-order valence-corrected chi connectivity index (χ2v) is 4.17. The molecule has 0 aliphatic carbocycles. The number of rotatable bonds is 3. The summed E-state index contributed by atoms with van der Waals surface area (Å²) in [5, 5.41) is 0. The van der Waals surface area contributed by atoms with Gasteiger partial charge in [0.2, 0.25) is 0 Å². The molecule has 0 amide bonds. The minimum atomic E-state index is -0.623. The molecule has 1 fully saturated rings. The van der Waals surface area contributed by atoms with Gasteiger partial charge in [-0.2, -0.15) is 0 Å². The van der Waals surface area contributed by atoms with Crippen LogP contribution in [0.2, 0.25) is 0 Å². The zero-order chi connectivity index (χ0) is 12.3. The molecule has 1 atom stereocenters. The lowest BCUT2D eigenvalue weighted by atomic mass is 10.1. The molecule has 92 valence electrons. The van der Waals surface area contributed by atoms with Gasteiger partial charge in [-0.1, -0.05) is 12.1 Å². The lowest BCUT2D eigenvalue weighted by Crippen LogP contribution is -2.18. The highest BCUT2D eigenvalue weighted by molar-refractivity contribution is 5.89. The summed E-state index contributed by atoms with van der Waals surface area (Å²) in [4.78, 5) is 11.7. The van der Waals surface area contributed by atoms with E-state index in [-0.39, 0.29) is 18.3 Å². The van der Waals surface area contributed by atoms with Gasteiger partial charge in [-0.3, -0.25) is 0 Å². The SMILES string of the molecule is Cc1cccc(C(=O)OCC2CCCO2)c1F. The Hall–Kier alpha value is -1.42. The second-order valence-electron chi connectivity index (χ2n) is 4.17. The van der Waals surface area contributed by atoms with Gasteiger partial charge < -0.3 is 9.47 Å². The summed E-state index contributed by atoms with van der Waals surface area (Å²) in [5.74, 6) is -1.13. The van der Waals surface area contributed by atoms with Crippen molar-refractivity contribution in [1.29, 1.82) is 0 Å². The van der Waals surface area contributed by atoms with Crippen molar-refractivity contribution in [3.8, 4) is 0 Å². The molecule has 4 heteroatoms. The van der Waals surface area contributed by atoms with E-state index in [2.05, 4.69) is 0 Å². The molecule has 1 aliphatic heterocycles. The molecule has 17 heavy (non-hydrogen) atoms. The molecule has 1 heterocycles. The van der Waals surface area contributed by atoms with Crippen molar-refractivity contribution in [3.05, 3.63) is 35.1 Å². The third-order valence-electron chi connectivity index (χ3n) is 2.84. The van der Waals surface area contributed by atoms with Crippen LogP contribution in [-0.4, -0.2) is 25.3 Å². The fourth-order valence-electron chi connectivity index (χ4n) is 1.83. The molecular weight excluding hydrogens is 223 g/mol. The molecule has 1 saturated heterocycles. The second kappa shape index (κ2) is 5.27. The van der Waals surface area contributed by atoms with Gasteiger partial charge >= 0.3 is 5.97 Å². The molecule has 1 aliphatic rings. The maximum absolute atomic E-state index is 13.6. The molecule has 0 bridgehead atoms. The number of aryl methyl sites for hydroxylation is 1. The standard InChI is InChI=1S/C13H15FO3/c1-9-4-2-6-11(12(9)14)13(15)17-8-10-5-3-7-16-10/h2,4,6,10H,3,5,7-8H2,1H3. The smallest absolute Gasteiger partial charge is 0.341 e. The van der Waals surface area contributed by atoms with E-state index in [0.29, 0.717) is 12.2 Å². The zero-order valence-electron chi connectivity index (χ0n) is 9.74. The van der Waals surface area contributed by atoms with Gasteiger partial charge in [0.25, 0.3) is 0 Å². The number of benzene rings is 1.